The van der Waals surface area contributed by atoms with E-state index in [-0.39, 0.29) is 10.3 Å². The molecular weight excluding hydrogens is 566 g/mol. The lowest BCUT2D eigenvalue weighted by Gasteiger charge is -2.23. The molecule has 0 aromatic rings. The molecule has 5 nitrogen and oxygen atoms in total. The number of alkyl halides is 2. The van der Waals surface area contributed by atoms with Crippen molar-refractivity contribution < 1.29 is 22.0 Å². The van der Waals surface area contributed by atoms with Gasteiger partial charge in [0.15, 0.2) is 0 Å². The van der Waals surface area contributed by atoms with E-state index in [9.17, 15) is 22.0 Å². The quantitative estimate of drug-likeness (QED) is 0.162. The van der Waals surface area contributed by atoms with Crippen molar-refractivity contribution in [1.82, 2.24) is 9.21 Å². The fraction of sp³-hybridized carbons (Fsp3) is 0.656. The van der Waals surface area contributed by atoms with Gasteiger partial charge in [-0.05, 0) is 71.6 Å². The van der Waals surface area contributed by atoms with Gasteiger partial charge in [-0.2, -0.15) is 0 Å². The van der Waals surface area contributed by atoms with Gasteiger partial charge in [0.25, 0.3) is 0 Å². The maximum absolute atomic E-state index is 13.0. The van der Waals surface area contributed by atoms with E-state index in [0.717, 1.165) is 57.2 Å². The summed E-state index contributed by atoms with van der Waals surface area (Å²) in [5.41, 5.74) is -0.0597. The summed E-state index contributed by atoms with van der Waals surface area (Å²) in [5.74, 6) is 0.367. The lowest BCUT2D eigenvalue weighted by Crippen LogP contribution is -2.36. The molecule has 0 bridgehead atoms. The molecular formula is C32H55ClF2N2O3S. The Morgan fingerprint density at radius 1 is 1.10 bits per heavy atom. The molecule has 0 saturated heterocycles. The predicted molar refractivity (Wildman–Crippen MR) is 173 cm³/mol. The highest BCUT2D eigenvalue weighted by molar-refractivity contribution is 7.92. The van der Waals surface area contributed by atoms with E-state index < -0.39 is 15.7 Å². The zero-order chi connectivity index (χ0) is 32.3. The van der Waals surface area contributed by atoms with Crippen molar-refractivity contribution in [2.75, 3.05) is 33.9 Å². The number of nitrogens with zero attached hydrogens (tertiary/aromatic N) is 2. The van der Waals surface area contributed by atoms with Crippen LogP contribution in [0.2, 0.25) is 0 Å². The Morgan fingerprint density at radius 3 is 2.07 bits per heavy atom. The van der Waals surface area contributed by atoms with Gasteiger partial charge in [0.05, 0.1) is 12.1 Å². The van der Waals surface area contributed by atoms with Crippen LogP contribution >= 0.6 is 11.6 Å². The van der Waals surface area contributed by atoms with Gasteiger partial charge in [0, 0.05) is 43.6 Å². The molecule has 1 fully saturated rings. The first kappa shape index (κ1) is 41.4. The van der Waals surface area contributed by atoms with Crippen LogP contribution in [0.25, 0.3) is 0 Å². The standard InChI is InChI=1S/C13H22ClNO2S.C10H19NO.C8H11F.CH3F/c1-5-7-8-11-15(4)18(16,17)12(3)9-10-13(14)6-2;1-4-8-11(5-2)9(12)10(3)6-7-10;1-7-4-3-5-8(2,9)6-7;1-2/h6,9-10H,2,5,7-8,11H2,1,3-4H3;4-8H2,1-3H3;3-4,6H,5H2,1-2H3;1H3/b12-9+,13-10+;;;. The Hall–Kier alpha value is -1.77. The molecule has 1 unspecified atom stereocenters. The van der Waals surface area contributed by atoms with Crippen LogP contribution in [0.4, 0.5) is 8.78 Å². The predicted octanol–water partition coefficient (Wildman–Crippen LogP) is 8.90. The minimum Gasteiger partial charge on any atom is -0.343 e. The lowest BCUT2D eigenvalue weighted by atomic mass is 9.96. The number of halogens is 3. The maximum Gasteiger partial charge on any atom is 0.238 e. The number of hydrogen-bond acceptors (Lipinski definition) is 3. The van der Waals surface area contributed by atoms with Crippen LogP contribution in [0.5, 0.6) is 0 Å². The molecule has 0 heterocycles. The van der Waals surface area contributed by atoms with E-state index in [4.69, 9.17) is 11.6 Å². The molecule has 0 aromatic carbocycles. The van der Waals surface area contributed by atoms with Crippen molar-refractivity contribution in [3.05, 3.63) is 58.5 Å². The fourth-order valence-corrected chi connectivity index (χ4v) is 4.98. The molecule has 1 atom stereocenters. The van der Waals surface area contributed by atoms with Crippen molar-refractivity contribution in [3.8, 4) is 0 Å². The van der Waals surface area contributed by atoms with E-state index in [0.29, 0.717) is 31.1 Å². The third-order valence-corrected chi connectivity index (χ3v) is 8.90. The van der Waals surface area contributed by atoms with Crippen LogP contribution in [-0.4, -0.2) is 63.1 Å². The minimum absolute atomic E-state index is 0.0190. The van der Waals surface area contributed by atoms with Crippen molar-refractivity contribution in [1.29, 1.82) is 0 Å². The topological polar surface area (TPSA) is 57.7 Å². The average molecular weight is 621 g/mol. The van der Waals surface area contributed by atoms with Crippen LogP contribution in [0.1, 0.15) is 93.4 Å². The fourth-order valence-electron chi connectivity index (χ4n) is 3.81. The van der Waals surface area contributed by atoms with E-state index >= 15 is 0 Å². The monoisotopic (exact) mass is 620 g/mol. The van der Waals surface area contributed by atoms with Crippen molar-refractivity contribution >= 4 is 27.5 Å². The first-order valence-electron chi connectivity index (χ1n) is 14.4. The third-order valence-electron chi connectivity index (χ3n) is 6.67. The first-order chi connectivity index (χ1) is 19.1. The van der Waals surface area contributed by atoms with Gasteiger partial charge in [0.1, 0.15) is 5.67 Å². The van der Waals surface area contributed by atoms with Crippen LogP contribution < -0.4 is 0 Å². The van der Waals surface area contributed by atoms with Crippen molar-refractivity contribution in [3.63, 3.8) is 0 Å². The Kier molecular flexibility index (Phi) is 21.2. The number of carbonyl (C=O) groups excluding carboxylic acids is 1. The highest BCUT2D eigenvalue weighted by atomic mass is 35.5. The van der Waals surface area contributed by atoms with Gasteiger partial charge in [0.2, 0.25) is 15.9 Å². The summed E-state index contributed by atoms with van der Waals surface area (Å²) < 4.78 is 48.0. The summed E-state index contributed by atoms with van der Waals surface area (Å²) >= 11 is 5.73. The molecule has 238 valence electrons. The van der Waals surface area contributed by atoms with Gasteiger partial charge >= 0.3 is 0 Å². The lowest BCUT2D eigenvalue weighted by molar-refractivity contribution is -0.136. The molecule has 2 aliphatic rings. The van der Waals surface area contributed by atoms with Gasteiger partial charge in [-0.25, -0.2) is 17.1 Å². The van der Waals surface area contributed by atoms with Crippen LogP contribution in [0.3, 0.4) is 0 Å². The number of sulfonamides is 1. The third kappa shape index (κ3) is 17.1. The molecule has 41 heavy (non-hydrogen) atoms. The molecule has 1 amide bonds. The van der Waals surface area contributed by atoms with E-state index in [2.05, 4.69) is 34.3 Å². The van der Waals surface area contributed by atoms with Gasteiger partial charge in [-0.15, -0.1) is 0 Å². The number of hydrogen-bond donors (Lipinski definition) is 0. The Morgan fingerprint density at radius 2 is 1.68 bits per heavy atom. The summed E-state index contributed by atoms with van der Waals surface area (Å²) in [6.07, 6.45) is 16.7. The maximum atomic E-state index is 13.0. The number of allylic oxidation sites excluding steroid dienone is 9. The Bertz CT molecular complexity index is 1010. The van der Waals surface area contributed by atoms with Crippen molar-refractivity contribution in [2.24, 2.45) is 5.41 Å². The highest BCUT2D eigenvalue weighted by Gasteiger charge is 2.46. The van der Waals surface area contributed by atoms with E-state index in [1.165, 1.54) is 22.5 Å². The summed E-state index contributed by atoms with van der Waals surface area (Å²) in [7, 11) is -1.27. The number of unbranched alkanes of at least 4 members (excludes halogenated alkanes) is 2. The second-order valence-corrected chi connectivity index (χ2v) is 13.4. The molecule has 0 spiro atoms. The number of amides is 1. The van der Waals surface area contributed by atoms with E-state index in [1.54, 1.807) is 27.0 Å². The largest absolute Gasteiger partial charge is 0.343 e. The normalized spacial score (nSPS) is 19.4. The SMILES string of the molecule is C=C/C(Cl)=C\C=C(/C)S(=O)(=O)N(C)CCCCC.CC1=CC(C)(F)CC=C1.CCCN(CC)C(=O)C1(C)CC1.CF. The van der Waals surface area contributed by atoms with Gasteiger partial charge in [-0.3, -0.25) is 9.18 Å². The molecule has 0 radical (unpaired) electrons. The van der Waals surface area contributed by atoms with Crippen molar-refractivity contribution in [2.45, 2.75) is 99.1 Å². The molecule has 9 heteroatoms. The molecule has 1 saturated carbocycles. The summed E-state index contributed by atoms with van der Waals surface area (Å²) in [4.78, 5) is 14.0. The second-order valence-electron chi connectivity index (χ2n) is 10.8. The average Bonchev–Trinajstić information content (AvgIpc) is 3.69. The Labute approximate surface area is 255 Å². The van der Waals surface area contributed by atoms with Gasteiger partial charge in [-0.1, -0.05) is 75.6 Å². The molecule has 0 N–H and O–H groups in total. The zero-order valence-electron chi connectivity index (χ0n) is 26.9. The van der Waals surface area contributed by atoms with E-state index in [1.807, 2.05) is 24.0 Å². The minimum atomic E-state index is -3.37. The molecule has 0 aromatic heterocycles. The Balaban J connectivity index is 0. The first-order valence-corrected chi connectivity index (χ1v) is 16.3. The zero-order valence-corrected chi connectivity index (χ0v) is 28.5. The van der Waals surface area contributed by atoms with Crippen LogP contribution in [0, 0.1) is 5.41 Å². The van der Waals surface area contributed by atoms with Crippen LogP contribution in [0.15, 0.2) is 58.5 Å². The summed E-state index contributed by atoms with van der Waals surface area (Å²) in [6.45, 7) is 19.2. The second kappa shape index (κ2) is 21.0. The molecule has 0 aliphatic heterocycles. The van der Waals surface area contributed by atoms with Gasteiger partial charge < -0.3 is 4.90 Å². The number of rotatable bonds is 12. The smallest absolute Gasteiger partial charge is 0.238 e. The number of carbonyl (C=O) groups is 1. The summed E-state index contributed by atoms with van der Waals surface area (Å²) in [6, 6.07) is 0. The summed E-state index contributed by atoms with van der Waals surface area (Å²) in [5, 5.41) is 0.415. The highest BCUT2D eigenvalue weighted by Crippen LogP contribution is 2.46. The van der Waals surface area contributed by atoms with Crippen LogP contribution in [-0.2, 0) is 14.8 Å². The molecule has 2 aliphatic carbocycles. The molecule has 2 rings (SSSR count).